The van der Waals surface area contributed by atoms with Crippen LogP contribution >= 0.6 is 11.6 Å². The minimum atomic E-state index is -4.95. The van der Waals surface area contributed by atoms with E-state index in [-0.39, 0.29) is 39.5 Å². The molecule has 2 aliphatic rings. The van der Waals surface area contributed by atoms with Gasteiger partial charge < -0.3 is 9.97 Å². The Morgan fingerprint density at radius 2 is 0.768 bits per heavy atom. The summed E-state index contributed by atoms with van der Waals surface area (Å²) in [5.74, 6) is -4.84. The van der Waals surface area contributed by atoms with Gasteiger partial charge in [0.2, 0.25) is 0 Å². The van der Waals surface area contributed by atoms with Gasteiger partial charge in [-0.15, -0.1) is 22.1 Å². The molecule has 4 nitrogen and oxygen atoms in total. The molecule has 4 aromatic carbocycles. The van der Waals surface area contributed by atoms with Crippen LogP contribution in [0.1, 0.15) is 22.8 Å². The van der Waals surface area contributed by atoms with Crippen LogP contribution in [-0.2, 0) is 17.1 Å². The van der Waals surface area contributed by atoms with E-state index in [0.717, 1.165) is 22.8 Å². The zero-order chi connectivity index (χ0) is 37.7. The van der Waals surface area contributed by atoms with Crippen LogP contribution in [0.4, 0.5) is 17.6 Å². The molecule has 0 atom stereocenters. The third-order valence-electron chi connectivity index (χ3n) is 9.66. The summed E-state index contributed by atoms with van der Waals surface area (Å²) in [7, 11) is 0. The first kappa shape index (κ1) is 37.0. The van der Waals surface area contributed by atoms with E-state index >= 15 is 8.78 Å². The first-order valence-corrected chi connectivity index (χ1v) is 17.8. The summed E-state index contributed by atoms with van der Waals surface area (Å²) in [6.07, 6.45) is 4.87. The van der Waals surface area contributed by atoms with Gasteiger partial charge >= 0.3 is 28.4 Å². The fourth-order valence-corrected chi connectivity index (χ4v) is 7.26. The largest absolute Gasteiger partial charge is 2.00 e. The molecule has 0 unspecified atom stereocenters. The summed E-state index contributed by atoms with van der Waals surface area (Å²) in [5, 5.41) is -4.95. The third kappa shape index (κ3) is 6.47. The average molecular weight is 811 g/mol. The van der Waals surface area contributed by atoms with Crippen LogP contribution in [0.2, 0.25) is 0 Å². The van der Waals surface area contributed by atoms with Crippen molar-refractivity contribution in [2.24, 2.45) is 0 Å². The van der Waals surface area contributed by atoms with Crippen molar-refractivity contribution in [1.82, 2.24) is 19.9 Å². The molecule has 0 spiro atoms. The Bertz CT molecular complexity index is 2810. The van der Waals surface area contributed by atoms with Crippen LogP contribution in [0.5, 0.6) is 0 Å². The molecule has 3 aromatic heterocycles. The molecular formula is C46H27ClCuF4N4. The minimum absolute atomic E-state index is 0. The molecule has 7 aromatic rings. The van der Waals surface area contributed by atoms with Gasteiger partial charge in [0, 0.05) is 0 Å². The second kappa shape index (κ2) is 14.6. The monoisotopic (exact) mass is 809 g/mol. The molecule has 1 radical (unpaired) electrons. The van der Waals surface area contributed by atoms with E-state index in [1.54, 1.807) is 72.8 Å². The molecule has 0 N–H and O–H groups in total. The second-order valence-corrected chi connectivity index (χ2v) is 13.6. The van der Waals surface area contributed by atoms with Crippen molar-refractivity contribution in [3.05, 3.63) is 168 Å². The Labute approximate surface area is 334 Å². The van der Waals surface area contributed by atoms with E-state index < -0.39 is 16.9 Å². The Morgan fingerprint density at radius 3 is 1.14 bits per heavy atom. The van der Waals surface area contributed by atoms with Crippen molar-refractivity contribution < 1.29 is 34.6 Å². The predicted octanol–water partition coefficient (Wildman–Crippen LogP) is 12.4. The van der Waals surface area contributed by atoms with Crippen molar-refractivity contribution in [2.75, 3.05) is 0 Å². The van der Waals surface area contributed by atoms with Crippen molar-refractivity contribution >= 4 is 57.5 Å². The van der Waals surface area contributed by atoms with Crippen LogP contribution in [0.15, 0.2) is 146 Å². The fourth-order valence-electron chi connectivity index (χ4n) is 7.16. The van der Waals surface area contributed by atoms with Gasteiger partial charge in [-0.3, -0.25) is 0 Å². The number of halogens is 5. The zero-order valence-corrected chi connectivity index (χ0v) is 30.8. The molecule has 0 aliphatic carbocycles. The summed E-state index contributed by atoms with van der Waals surface area (Å²) in [6, 6.07) is 44.1. The molecule has 0 saturated heterocycles. The van der Waals surface area contributed by atoms with Gasteiger partial charge in [0.15, 0.2) is 0 Å². The van der Waals surface area contributed by atoms with Crippen LogP contribution in [0.25, 0.3) is 90.4 Å². The van der Waals surface area contributed by atoms with Gasteiger partial charge in [0.1, 0.15) is 0 Å². The smallest absolute Gasteiger partial charge is 0.657 e. The van der Waals surface area contributed by atoms with Gasteiger partial charge in [-0.25, -0.2) is 9.97 Å². The zero-order valence-electron chi connectivity index (χ0n) is 29.1. The molecule has 8 bridgehead atoms. The molecular weight excluding hydrogens is 784 g/mol. The van der Waals surface area contributed by atoms with Gasteiger partial charge in [-0.2, -0.15) is 17.6 Å². The second-order valence-electron chi connectivity index (χ2n) is 13.1. The van der Waals surface area contributed by atoms with Crippen molar-refractivity contribution in [2.45, 2.75) is 11.3 Å². The maximum atomic E-state index is 16.2. The van der Waals surface area contributed by atoms with Gasteiger partial charge in [0.25, 0.3) is 0 Å². The van der Waals surface area contributed by atoms with Crippen LogP contribution in [-0.4, -0.2) is 21.3 Å². The Kier molecular flexibility index (Phi) is 9.63. The molecule has 56 heavy (non-hydrogen) atoms. The van der Waals surface area contributed by atoms with Gasteiger partial charge in [0.05, 0.1) is 28.3 Å². The maximum Gasteiger partial charge on any atom is 2.00 e. The number of benzene rings is 4. The maximum absolute atomic E-state index is 16.2. The van der Waals surface area contributed by atoms with E-state index in [1.807, 2.05) is 84.9 Å². The Hall–Kier alpha value is -5.99. The summed E-state index contributed by atoms with van der Waals surface area (Å²) in [5.41, 5.74) is 6.25. The standard InChI is InChI=1S/C46H27ClF4N4.Cu/c47-46(50,51)45(48,49)32-27-39-42(30-17-9-3-10-18-30)37-24-23-35(53-37)40(28-13-5-1-6-14-28)33-21-22-34(52-33)41(29-15-7-2-8-16-29)36-25-26-38(54-36)43(44(32)55-39)31-19-11-4-12-20-31;/h1-27H;/q-2;+2. The predicted molar refractivity (Wildman–Crippen MR) is 213 cm³/mol. The molecule has 9 rings (SSSR count). The molecule has 0 fully saturated rings. The third-order valence-corrected chi connectivity index (χ3v) is 9.90. The number of aromatic nitrogens is 4. The van der Waals surface area contributed by atoms with Gasteiger partial charge in [-0.05, 0) is 74.3 Å². The number of allylic oxidation sites excluding steroid dienone is 1. The van der Waals surface area contributed by atoms with Gasteiger partial charge in [-0.1, -0.05) is 146 Å². The molecule has 2 aliphatic heterocycles. The quantitative estimate of drug-likeness (QED) is 0.0954. The first-order valence-electron chi connectivity index (χ1n) is 17.4. The summed E-state index contributed by atoms with van der Waals surface area (Å²) in [4.78, 5) is 20.1. The van der Waals surface area contributed by atoms with Crippen LogP contribution in [0.3, 0.4) is 0 Å². The summed E-state index contributed by atoms with van der Waals surface area (Å²) >= 11 is 5.24. The normalized spacial score (nSPS) is 12.6. The Morgan fingerprint density at radius 1 is 0.429 bits per heavy atom. The molecule has 10 heteroatoms. The summed E-state index contributed by atoms with van der Waals surface area (Å²) < 4.78 is 62.2. The molecule has 0 amide bonds. The van der Waals surface area contributed by atoms with Crippen LogP contribution < -0.4 is 9.97 Å². The minimum Gasteiger partial charge on any atom is -0.657 e. The number of fused-ring (bicyclic) bond motifs is 8. The number of hydrogen-bond donors (Lipinski definition) is 0. The summed E-state index contributed by atoms with van der Waals surface area (Å²) in [6.45, 7) is 0. The number of rotatable bonds is 6. The average Bonchev–Trinajstić information content (AvgIpc) is 4.03. The number of hydrogen-bond acceptors (Lipinski definition) is 2. The van der Waals surface area contributed by atoms with E-state index in [4.69, 9.17) is 31.5 Å². The first-order chi connectivity index (χ1) is 26.7. The van der Waals surface area contributed by atoms with E-state index in [9.17, 15) is 8.78 Å². The topological polar surface area (TPSA) is 54.0 Å². The van der Waals surface area contributed by atoms with E-state index in [2.05, 4.69) is 0 Å². The number of nitrogens with zero attached hydrogens (tertiary/aromatic N) is 4. The SMILES string of the molecule is FC(F)(Cl)C(F)(F)C1=Cc2nc1c(-c1ccccc1)c1ccc([n-]1)c(-c1ccccc1)c1nc(c(-c3ccccc3)c3ccc([n-]3)c2-c2ccccc2)C=C1.[Cu+2]. The molecule has 277 valence electrons. The van der Waals surface area contributed by atoms with Crippen molar-refractivity contribution in [3.8, 4) is 44.5 Å². The van der Waals surface area contributed by atoms with Crippen molar-refractivity contribution in [1.29, 1.82) is 0 Å². The Balaban J connectivity index is 0.00000441. The molecule has 0 saturated carbocycles. The van der Waals surface area contributed by atoms with Crippen LogP contribution in [0, 0.1) is 0 Å². The van der Waals surface area contributed by atoms with Crippen molar-refractivity contribution in [3.63, 3.8) is 0 Å². The van der Waals surface area contributed by atoms with E-state index in [0.29, 0.717) is 50.2 Å². The van der Waals surface area contributed by atoms with E-state index in [1.165, 1.54) is 0 Å². The fraction of sp³-hybridized carbons (Fsp3) is 0.0435. The number of alkyl halides is 5. The molecule has 5 heterocycles.